The molecule has 0 aliphatic carbocycles. The number of rotatable bonds is 6. The Labute approximate surface area is 187 Å². The van der Waals surface area contributed by atoms with Crippen molar-refractivity contribution in [2.75, 3.05) is 18.2 Å². The Morgan fingerprint density at radius 1 is 1.20 bits per heavy atom. The normalized spacial score (nSPS) is 10.9. The molecule has 1 amide bonds. The number of halogens is 1. The fourth-order valence-electron chi connectivity index (χ4n) is 3.15. The number of nitrogens with one attached hydrogen (secondary N) is 1. The predicted octanol–water partition coefficient (Wildman–Crippen LogP) is 6.06. The summed E-state index contributed by atoms with van der Waals surface area (Å²) >= 11 is 9.17. The summed E-state index contributed by atoms with van der Waals surface area (Å²) in [6.07, 6.45) is 1.55. The number of aryl methyl sites for hydroxylation is 1. The minimum atomic E-state index is -0.138. The van der Waals surface area contributed by atoms with Gasteiger partial charge in [-0.25, -0.2) is 9.97 Å². The van der Waals surface area contributed by atoms with Gasteiger partial charge in [0.25, 0.3) is 0 Å². The lowest BCUT2D eigenvalue weighted by atomic mass is 10.0. The average molecular weight is 456 g/mol. The monoisotopic (exact) mass is 455 g/mol. The second-order valence-corrected chi connectivity index (χ2v) is 9.02. The molecule has 0 aliphatic rings. The van der Waals surface area contributed by atoms with Crippen LogP contribution < -0.4 is 10.1 Å². The number of thiophene rings is 1. The first-order valence-corrected chi connectivity index (χ1v) is 11.3. The number of benzene rings is 2. The molecule has 2 heterocycles. The summed E-state index contributed by atoms with van der Waals surface area (Å²) in [6, 6.07) is 15.3. The van der Waals surface area contributed by atoms with E-state index in [2.05, 4.69) is 34.3 Å². The molecule has 0 saturated heterocycles. The molecule has 152 valence electrons. The molecule has 1 N–H and O–H groups in total. The molecular weight excluding hydrogens is 438 g/mol. The molecule has 0 fully saturated rings. The summed E-state index contributed by atoms with van der Waals surface area (Å²) in [4.78, 5) is 23.5. The van der Waals surface area contributed by atoms with Crippen LogP contribution in [-0.4, -0.2) is 28.7 Å². The maximum Gasteiger partial charge on any atom is 0.234 e. The topological polar surface area (TPSA) is 64.1 Å². The highest BCUT2D eigenvalue weighted by Gasteiger charge is 2.17. The SMILES string of the molecule is COc1ccc(NC(=O)CSc2ncnc3sc(C)c(-c4ccccc4)c23)cc1Cl. The van der Waals surface area contributed by atoms with Gasteiger partial charge in [-0.15, -0.1) is 11.3 Å². The van der Waals surface area contributed by atoms with Gasteiger partial charge in [0.1, 0.15) is 21.9 Å². The first-order valence-electron chi connectivity index (χ1n) is 9.12. The molecule has 0 bridgehead atoms. The summed E-state index contributed by atoms with van der Waals surface area (Å²) in [5.41, 5.74) is 2.87. The molecule has 0 aliphatic heterocycles. The standard InChI is InChI=1S/C22H18ClN3O2S2/c1-13-19(14-6-4-3-5-7-14)20-21(24-12-25-22(20)30-13)29-11-18(27)26-15-8-9-17(28-2)16(23)10-15/h3-10,12H,11H2,1-2H3,(H,26,27). The zero-order chi connectivity index (χ0) is 21.1. The molecule has 0 spiro atoms. The molecule has 2 aromatic heterocycles. The Balaban J connectivity index is 1.56. The van der Waals surface area contributed by atoms with E-state index in [1.165, 1.54) is 16.6 Å². The molecule has 8 heteroatoms. The number of ether oxygens (including phenoxy) is 1. The van der Waals surface area contributed by atoms with Crippen LogP contribution in [0.15, 0.2) is 59.9 Å². The lowest BCUT2D eigenvalue weighted by Gasteiger charge is -2.09. The van der Waals surface area contributed by atoms with Crippen molar-refractivity contribution in [2.24, 2.45) is 0 Å². The van der Waals surface area contributed by atoms with Crippen molar-refractivity contribution < 1.29 is 9.53 Å². The number of carbonyl (C=O) groups is 1. The van der Waals surface area contributed by atoms with E-state index < -0.39 is 0 Å². The molecule has 2 aromatic carbocycles. The van der Waals surface area contributed by atoms with Gasteiger partial charge >= 0.3 is 0 Å². The molecule has 4 aromatic rings. The predicted molar refractivity (Wildman–Crippen MR) is 125 cm³/mol. The van der Waals surface area contributed by atoms with Crippen LogP contribution in [-0.2, 0) is 4.79 Å². The van der Waals surface area contributed by atoms with Gasteiger partial charge in [-0.1, -0.05) is 53.7 Å². The van der Waals surface area contributed by atoms with Crippen molar-refractivity contribution in [3.63, 3.8) is 0 Å². The van der Waals surface area contributed by atoms with Crippen molar-refractivity contribution in [1.29, 1.82) is 0 Å². The van der Waals surface area contributed by atoms with Gasteiger partial charge in [0.15, 0.2) is 0 Å². The Morgan fingerprint density at radius 3 is 2.73 bits per heavy atom. The number of aromatic nitrogens is 2. The van der Waals surface area contributed by atoms with Crippen LogP contribution in [0.5, 0.6) is 5.75 Å². The van der Waals surface area contributed by atoms with Gasteiger partial charge in [-0.3, -0.25) is 4.79 Å². The van der Waals surface area contributed by atoms with E-state index in [4.69, 9.17) is 16.3 Å². The maximum absolute atomic E-state index is 12.5. The van der Waals surface area contributed by atoms with E-state index in [-0.39, 0.29) is 11.7 Å². The van der Waals surface area contributed by atoms with Crippen LogP contribution in [0.1, 0.15) is 4.88 Å². The number of thioether (sulfide) groups is 1. The maximum atomic E-state index is 12.5. The molecule has 0 saturated carbocycles. The molecule has 4 rings (SSSR count). The van der Waals surface area contributed by atoms with E-state index in [9.17, 15) is 4.79 Å². The number of carbonyl (C=O) groups excluding carboxylic acids is 1. The van der Waals surface area contributed by atoms with Crippen molar-refractivity contribution in [3.8, 4) is 16.9 Å². The van der Waals surface area contributed by atoms with Crippen LogP contribution in [0.3, 0.4) is 0 Å². The number of amides is 1. The van der Waals surface area contributed by atoms with Crippen molar-refractivity contribution in [1.82, 2.24) is 9.97 Å². The first-order chi connectivity index (χ1) is 14.6. The van der Waals surface area contributed by atoms with Crippen LogP contribution in [0, 0.1) is 6.92 Å². The zero-order valence-electron chi connectivity index (χ0n) is 16.3. The number of fused-ring (bicyclic) bond motifs is 1. The molecule has 0 unspecified atom stereocenters. The van der Waals surface area contributed by atoms with Crippen molar-refractivity contribution >= 4 is 56.5 Å². The lowest BCUT2D eigenvalue weighted by Crippen LogP contribution is -2.14. The van der Waals surface area contributed by atoms with Gasteiger partial charge in [-0.05, 0) is 30.7 Å². The average Bonchev–Trinajstić information content (AvgIpc) is 3.09. The first kappa shape index (κ1) is 20.7. The Hall–Kier alpha value is -2.61. The molecule has 0 atom stereocenters. The lowest BCUT2D eigenvalue weighted by molar-refractivity contribution is -0.113. The summed E-state index contributed by atoms with van der Waals surface area (Å²) in [5.74, 6) is 0.647. The van der Waals surface area contributed by atoms with Crippen LogP contribution >= 0.6 is 34.7 Å². The highest BCUT2D eigenvalue weighted by molar-refractivity contribution is 8.00. The fraction of sp³-hybridized carbons (Fsp3) is 0.136. The van der Waals surface area contributed by atoms with Gasteiger partial charge in [0.05, 0.1) is 23.3 Å². The van der Waals surface area contributed by atoms with E-state index >= 15 is 0 Å². The third-order valence-electron chi connectivity index (χ3n) is 4.47. The molecular formula is C22H18ClN3O2S2. The minimum Gasteiger partial charge on any atom is -0.495 e. The minimum absolute atomic E-state index is 0.138. The fourth-order valence-corrected chi connectivity index (χ4v) is 5.29. The van der Waals surface area contributed by atoms with Crippen LogP contribution in [0.4, 0.5) is 5.69 Å². The van der Waals surface area contributed by atoms with E-state index in [0.717, 1.165) is 26.4 Å². The largest absolute Gasteiger partial charge is 0.495 e. The molecule has 30 heavy (non-hydrogen) atoms. The smallest absolute Gasteiger partial charge is 0.234 e. The Bertz CT molecular complexity index is 1210. The van der Waals surface area contributed by atoms with Gasteiger partial charge in [0, 0.05) is 16.1 Å². The second kappa shape index (κ2) is 9.04. The van der Waals surface area contributed by atoms with Gasteiger partial charge < -0.3 is 10.1 Å². The Morgan fingerprint density at radius 2 is 2.00 bits per heavy atom. The summed E-state index contributed by atoms with van der Waals surface area (Å²) in [6.45, 7) is 2.09. The van der Waals surface area contributed by atoms with Gasteiger partial charge in [0.2, 0.25) is 5.91 Å². The highest BCUT2D eigenvalue weighted by Crippen LogP contribution is 2.41. The van der Waals surface area contributed by atoms with Crippen LogP contribution in [0.25, 0.3) is 21.3 Å². The van der Waals surface area contributed by atoms with Gasteiger partial charge in [-0.2, -0.15) is 0 Å². The quantitative estimate of drug-likeness (QED) is 0.283. The second-order valence-electron chi connectivity index (χ2n) is 6.44. The number of hydrogen-bond donors (Lipinski definition) is 1. The van der Waals surface area contributed by atoms with E-state index in [1.54, 1.807) is 43.0 Å². The summed E-state index contributed by atoms with van der Waals surface area (Å²) in [5, 5.41) is 5.10. The van der Waals surface area contributed by atoms with E-state index in [0.29, 0.717) is 16.5 Å². The molecule has 0 radical (unpaired) electrons. The van der Waals surface area contributed by atoms with E-state index in [1.807, 2.05) is 18.2 Å². The third-order valence-corrected chi connectivity index (χ3v) is 6.77. The van der Waals surface area contributed by atoms with Crippen molar-refractivity contribution in [3.05, 3.63) is 64.8 Å². The number of nitrogens with zero attached hydrogens (tertiary/aromatic N) is 2. The van der Waals surface area contributed by atoms with Crippen molar-refractivity contribution in [2.45, 2.75) is 11.9 Å². The summed E-state index contributed by atoms with van der Waals surface area (Å²) in [7, 11) is 1.55. The Kier molecular flexibility index (Phi) is 6.22. The number of anilines is 1. The molecule has 5 nitrogen and oxygen atoms in total. The summed E-state index contributed by atoms with van der Waals surface area (Å²) < 4.78 is 5.14. The number of hydrogen-bond acceptors (Lipinski definition) is 6. The number of methoxy groups -OCH3 is 1. The third kappa shape index (κ3) is 4.28. The zero-order valence-corrected chi connectivity index (χ0v) is 18.7. The highest BCUT2D eigenvalue weighted by atomic mass is 35.5. The van der Waals surface area contributed by atoms with Crippen LogP contribution in [0.2, 0.25) is 5.02 Å².